The molecule has 0 atom stereocenters. The highest BCUT2D eigenvalue weighted by Crippen LogP contribution is 2.05. The van der Waals surface area contributed by atoms with Gasteiger partial charge in [0.05, 0.1) is 5.69 Å². The zero-order valence-electron chi connectivity index (χ0n) is 7.84. The number of carbonyl (C=O) groups is 1. The van der Waals surface area contributed by atoms with Gasteiger partial charge in [-0.1, -0.05) is 0 Å². The normalized spacial score (nSPS) is 9.85. The van der Waals surface area contributed by atoms with E-state index in [-0.39, 0.29) is 17.3 Å². The second kappa shape index (κ2) is 3.51. The molecule has 0 spiro atoms. The summed E-state index contributed by atoms with van der Waals surface area (Å²) in [6.07, 6.45) is 0. The number of hydrogen-bond donors (Lipinski definition) is 0. The molecular weight excluding hydrogens is 171 g/mol. The van der Waals surface area contributed by atoms with Crippen molar-refractivity contribution in [3.63, 3.8) is 0 Å². The Bertz CT molecular complexity index is 336. The van der Waals surface area contributed by atoms with Gasteiger partial charge in [-0.05, 0) is 19.1 Å². The van der Waals surface area contributed by atoms with Crippen LogP contribution < -0.4 is 0 Å². The van der Waals surface area contributed by atoms with Gasteiger partial charge in [-0.15, -0.1) is 0 Å². The SMILES string of the molecule is Cc1nc(C(=O)N(C)C)ccc1F. The second-order valence-corrected chi connectivity index (χ2v) is 2.96. The zero-order valence-corrected chi connectivity index (χ0v) is 7.84. The van der Waals surface area contributed by atoms with Crippen LogP contribution in [-0.2, 0) is 0 Å². The molecule has 0 aliphatic rings. The smallest absolute Gasteiger partial charge is 0.271 e. The largest absolute Gasteiger partial charge is 0.343 e. The van der Waals surface area contributed by atoms with E-state index in [4.69, 9.17) is 0 Å². The van der Waals surface area contributed by atoms with Gasteiger partial charge >= 0.3 is 0 Å². The van der Waals surface area contributed by atoms with Gasteiger partial charge < -0.3 is 4.90 Å². The topological polar surface area (TPSA) is 33.2 Å². The molecule has 0 radical (unpaired) electrons. The number of amides is 1. The highest BCUT2D eigenvalue weighted by molar-refractivity contribution is 5.91. The quantitative estimate of drug-likeness (QED) is 0.654. The minimum absolute atomic E-state index is 0.219. The van der Waals surface area contributed by atoms with Crippen LogP contribution in [0.15, 0.2) is 12.1 Å². The van der Waals surface area contributed by atoms with E-state index in [0.717, 1.165) is 0 Å². The van der Waals surface area contributed by atoms with Crippen molar-refractivity contribution < 1.29 is 9.18 Å². The van der Waals surface area contributed by atoms with E-state index in [1.54, 1.807) is 14.1 Å². The van der Waals surface area contributed by atoms with Crippen LogP contribution in [-0.4, -0.2) is 29.9 Å². The molecule has 3 nitrogen and oxygen atoms in total. The molecule has 1 aromatic rings. The third kappa shape index (κ3) is 2.02. The van der Waals surface area contributed by atoms with Crippen molar-refractivity contribution >= 4 is 5.91 Å². The number of aromatic nitrogens is 1. The lowest BCUT2D eigenvalue weighted by atomic mass is 10.3. The summed E-state index contributed by atoms with van der Waals surface area (Å²) in [6, 6.07) is 2.63. The number of nitrogens with zero attached hydrogens (tertiary/aromatic N) is 2. The molecule has 0 saturated heterocycles. The summed E-state index contributed by atoms with van der Waals surface area (Å²) in [6.45, 7) is 1.53. The molecule has 1 rings (SSSR count). The molecule has 0 saturated carbocycles. The maximum atomic E-state index is 12.8. The molecule has 0 N–H and O–H groups in total. The molecule has 13 heavy (non-hydrogen) atoms. The lowest BCUT2D eigenvalue weighted by molar-refractivity contribution is 0.0821. The summed E-state index contributed by atoms with van der Waals surface area (Å²) in [5, 5.41) is 0. The van der Waals surface area contributed by atoms with E-state index < -0.39 is 5.82 Å². The van der Waals surface area contributed by atoms with Crippen molar-refractivity contribution in [2.24, 2.45) is 0 Å². The summed E-state index contributed by atoms with van der Waals surface area (Å²) >= 11 is 0. The summed E-state index contributed by atoms with van der Waals surface area (Å²) in [4.78, 5) is 16.6. The van der Waals surface area contributed by atoms with Crippen molar-refractivity contribution in [1.82, 2.24) is 9.88 Å². The highest BCUT2D eigenvalue weighted by atomic mass is 19.1. The summed E-state index contributed by atoms with van der Waals surface area (Å²) in [5.74, 6) is -0.613. The van der Waals surface area contributed by atoms with Gasteiger partial charge in [-0.25, -0.2) is 9.37 Å². The van der Waals surface area contributed by atoms with Crippen LogP contribution in [0.5, 0.6) is 0 Å². The Labute approximate surface area is 76.2 Å². The average molecular weight is 182 g/mol. The van der Waals surface area contributed by atoms with Gasteiger partial charge in [0.1, 0.15) is 11.5 Å². The fourth-order valence-electron chi connectivity index (χ4n) is 0.892. The summed E-state index contributed by atoms with van der Waals surface area (Å²) in [7, 11) is 3.26. The van der Waals surface area contributed by atoms with Crippen molar-refractivity contribution in [3.05, 3.63) is 29.3 Å². The molecule has 0 aliphatic heterocycles. The van der Waals surface area contributed by atoms with E-state index in [2.05, 4.69) is 4.98 Å². The third-order valence-corrected chi connectivity index (χ3v) is 1.65. The standard InChI is InChI=1S/C9H11FN2O/c1-6-7(10)4-5-8(11-6)9(13)12(2)3/h4-5H,1-3H3. The van der Waals surface area contributed by atoms with Gasteiger partial charge in [0, 0.05) is 14.1 Å². The Hall–Kier alpha value is -1.45. The molecule has 1 amide bonds. The number of hydrogen-bond acceptors (Lipinski definition) is 2. The minimum Gasteiger partial charge on any atom is -0.343 e. The first-order valence-corrected chi connectivity index (χ1v) is 3.87. The van der Waals surface area contributed by atoms with E-state index in [9.17, 15) is 9.18 Å². The Morgan fingerprint density at radius 2 is 2.08 bits per heavy atom. The number of halogens is 1. The van der Waals surface area contributed by atoms with E-state index in [1.165, 1.54) is 24.0 Å². The first kappa shape index (κ1) is 9.64. The molecule has 0 unspecified atom stereocenters. The molecular formula is C9H11FN2O. The predicted molar refractivity (Wildman–Crippen MR) is 46.9 cm³/mol. The van der Waals surface area contributed by atoms with Crippen LogP contribution in [0.1, 0.15) is 16.2 Å². The van der Waals surface area contributed by atoms with Gasteiger partial charge in [0.2, 0.25) is 0 Å². The van der Waals surface area contributed by atoms with Crippen LogP contribution in [0.2, 0.25) is 0 Å². The molecule has 0 fully saturated rings. The fourth-order valence-corrected chi connectivity index (χ4v) is 0.892. The summed E-state index contributed by atoms with van der Waals surface area (Å²) < 4.78 is 12.8. The fraction of sp³-hybridized carbons (Fsp3) is 0.333. The summed E-state index contributed by atoms with van der Waals surface area (Å²) in [5.41, 5.74) is 0.511. The van der Waals surface area contributed by atoms with Crippen molar-refractivity contribution in [3.8, 4) is 0 Å². The van der Waals surface area contributed by atoms with Crippen LogP contribution in [0, 0.1) is 12.7 Å². The van der Waals surface area contributed by atoms with E-state index in [1.807, 2.05) is 0 Å². The molecule has 0 bridgehead atoms. The number of pyridine rings is 1. The first-order chi connectivity index (χ1) is 6.02. The minimum atomic E-state index is -0.393. The van der Waals surface area contributed by atoms with E-state index >= 15 is 0 Å². The molecule has 0 aromatic carbocycles. The predicted octanol–water partition coefficient (Wildman–Crippen LogP) is 1.23. The molecule has 70 valence electrons. The number of carbonyl (C=O) groups excluding carboxylic acids is 1. The molecule has 4 heteroatoms. The zero-order chi connectivity index (χ0) is 10.0. The van der Waals surface area contributed by atoms with Crippen molar-refractivity contribution in [2.45, 2.75) is 6.92 Å². The first-order valence-electron chi connectivity index (χ1n) is 3.87. The second-order valence-electron chi connectivity index (χ2n) is 2.96. The van der Waals surface area contributed by atoms with Crippen molar-refractivity contribution in [1.29, 1.82) is 0 Å². The van der Waals surface area contributed by atoms with Crippen LogP contribution in [0.25, 0.3) is 0 Å². The molecule has 0 aliphatic carbocycles. The third-order valence-electron chi connectivity index (χ3n) is 1.65. The van der Waals surface area contributed by atoms with Gasteiger partial charge in [0.25, 0.3) is 5.91 Å². The monoisotopic (exact) mass is 182 g/mol. The van der Waals surface area contributed by atoms with Crippen LogP contribution >= 0.6 is 0 Å². The Kier molecular flexibility index (Phi) is 2.60. The van der Waals surface area contributed by atoms with Gasteiger partial charge in [-0.2, -0.15) is 0 Å². The average Bonchev–Trinajstić information content (AvgIpc) is 2.08. The lowest BCUT2D eigenvalue weighted by Crippen LogP contribution is -2.23. The molecule has 1 aromatic heterocycles. The van der Waals surface area contributed by atoms with E-state index in [0.29, 0.717) is 0 Å². The number of rotatable bonds is 1. The van der Waals surface area contributed by atoms with Crippen LogP contribution in [0.4, 0.5) is 4.39 Å². The van der Waals surface area contributed by atoms with Crippen LogP contribution in [0.3, 0.4) is 0 Å². The number of aryl methyl sites for hydroxylation is 1. The maximum Gasteiger partial charge on any atom is 0.271 e. The van der Waals surface area contributed by atoms with Gasteiger partial charge in [-0.3, -0.25) is 4.79 Å². The lowest BCUT2D eigenvalue weighted by Gasteiger charge is -2.09. The Balaban J connectivity index is 3.04. The van der Waals surface area contributed by atoms with Crippen molar-refractivity contribution in [2.75, 3.05) is 14.1 Å². The van der Waals surface area contributed by atoms with Gasteiger partial charge in [0.15, 0.2) is 0 Å². The molecule has 1 heterocycles. The maximum absolute atomic E-state index is 12.8. The Morgan fingerprint density at radius 1 is 1.46 bits per heavy atom. The Morgan fingerprint density at radius 3 is 2.54 bits per heavy atom. The highest BCUT2D eigenvalue weighted by Gasteiger charge is 2.10.